The van der Waals surface area contributed by atoms with Crippen LogP contribution in [0.3, 0.4) is 0 Å². The van der Waals surface area contributed by atoms with Gasteiger partial charge in [-0.25, -0.2) is 4.79 Å². The molecule has 0 bridgehead atoms. The maximum atomic E-state index is 13.2. The average molecular weight is 430 g/mol. The Hall–Kier alpha value is -3.75. The number of nitrogens with zero attached hydrogens (tertiary/aromatic N) is 1. The Bertz CT molecular complexity index is 1170. The zero-order valence-electron chi connectivity index (χ0n) is 16.2. The quantitative estimate of drug-likeness (QED) is 0.630. The Kier molecular flexibility index (Phi) is 4.96. The van der Waals surface area contributed by atoms with E-state index in [9.17, 15) is 27.9 Å². The summed E-state index contributed by atoms with van der Waals surface area (Å²) in [6.07, 6.45) is -3.30. The molecular formula is C22H17F3N2O4. The topological polar surface area (TPSA) is 80.6 Å². The van der Waals surface area contributed by atoms with E-state index in [-0.39, 0.29) is 29.3 Å². The monoisotopic (exact) mass is 430 g/mol. The van der Waals surface area contributed by atoms with Crippen LogP contribution in [0.15, 0.2) is 54.7 Å². The van der Waals surface area contributed by atoms with Crippen LogP contribution in [0, 0.1) is 0 Å². The second-order valence-electron chi connectivity index (χ2n) is 7.10. The minimum Gasteiger partial charge on any atom is -0.497 e. The first-order valence-corrected chi connectivity index (χ1v) is 9.29. The molecule has 1 aliphatic heterocycles. The molecule has 31 heavy (non-hydrogen) atoms. The number of halogens is 3. The number of carboxylic acid groups (broad SMARTS) is 1. The fraction of sp³-hybridized carbons (Fsp3) is 0.182. The van der Waals surface area contributed by atoms with E-state index >= 15 is 0 Å². The van der Waals surface area contributed by atoms with E-state index in [1.165, 1.54) is 30.0 Å². The van der Waals surface area contributed by atoms with E-state index in [1.54, 1.807) is 24.3 Å². The van der Waals surface area contributed by atoms with Crippen LogP contribution in [0.5, 0.6) is 5.75 Å². The number of benzene rings is 2. The van der Waals surface area contributed by atoms with Crippen molar-refractivity contribution in [2.24, 2.45) is 0 Å². The van der Waals surface area contributed by atoms with Gasteiger partial charge >= 0.3 is 12.1 Å². The number of anilines is 1. The van der Waals surface area contributed by atoms with Gasteiger partial charge in [-0.2, -0.15) is 13.2 Å². The minimum absolute atomic E-state index is 0.0152. The van der Waals surface area contributed by atoms with Crippen molar-refractivity contribution in [3.8, 4) is 11.4 Å². The van der Waals surface area contributed by atoms with Crippen LogP contribution in [-0.2, 0) is 11.0 Å². The van der Waals surface area contributed by atoms with E-state index in [0.29, 0.717) is 17.0 Å². The molecule has 0 saturated carbocycles. The molecule has 0 radical (unpaired) electrons. The van der Waals surface area contributed by atoms with Crippen molar-refractivity contribution in [2.45, 2.75) is 18.5 Å². The van der Waals surface area contributed by atoms with Crippen LogP contribution >= 0.6 is 0 Å². The fourth-order valence-corrected chi connectivity index (χ4v) is 3.79. The molecule has 0 unspecified atom stereocenters. The Morgan fingerprint density at radius 1 is 1.19 bits per heavy atom. The fourth-order valence-electron chi connectivity index (χ4n) is 3.79. The van der Waals surface area contributed by atoms with Crippen molar-refractivity contribution in [3.63, 3.8) is 0 Å². The van der Waals surface area contributed by atoms with Gasteiger partial charge in [0.25, 0.3) is 0 Å². The molecule has 2 N–H and O–H groups in total. The Morgan fingerprint density at radius 3 is 2.52 bits per heavy atom. The van der Waals surface area contributed by atoms with Crippen LogP contribution in [0.2, 0.25) is 0 Å². The Morgan fingerprint density at radius 2 is 1.90 bits per heavy atom. The van der Waals surface area contributed by atoms with Crippen LogP contribution in [0.1, 0.15) is 39.5 Å². The number of hydrogen-bond donors (Lipinski definition) is 2. The smallest absolute Gasteiger partial charge is 0.416 e. The highest BCUT2D eigenvalue weighted by Crippen LogP contribution is 2.42. The number of amides is 1. The number of rotatable bonds is 4. The summed E-state index contributed by atoms with van der Waals surface area (Å²) in [6, 6.07) is 11.5. The van der Waals surface area contributed by atoms with Crippen molar-refractivity contribution in [1.29, 1.82) is 0 Å². The molecule has 9 heteroatoms. The lowest BCUT2D eigenvalue weighted by atomic mass is 9.88. The van der Waals surface area contributed by atoms with Gasteiger partial charge in [-0.3, -0.25) is 4.79 Å². The second-order valence-corrected chi connectivity index (χ2v) is 7.10. The molecule has 1 aliphatic rings. The van der Waals surface area contributed by atoms with Gasteiger partial charge in [0.05, 0.1) is 24.1 Å². The summed E-state index contributed by atoms with van der Waals surface area (Å²) in [4.78, 5) is 24.2. The molecule has 6 nitrogen and oxygen atoms in total. The number of fused-ring (bicyclic) bond motifs is 1. The molecule has 3 aromatic rings. The van der Waals surface area contributed by atoms with Crippen molar-refractivity contribution in [1.82, 2.24) is 4.57 Å². The molecule has 4 rings (SSSR count). The predicted octanol–water partition coefficient (Wildman–Crippen LogP) is 4.68. The third-order valence-electron chi connectivity index (χ3n) is 5.23. The summed E-state index contributed by atoms with van der Waals surface area (Å²) < 4.78 is 46.3. The first-order valence-electron chi connectivity index (χ1n) is 9.29. The minimum atomic E-state index is -4.55. The van der Waals surface area contributed by atoms with Crippen molar-refractivity contribution >= 4 is 17.6 Å². The SMILES string of the molecule is COc1ccc([C@H]2CC(=O)Nc3c(C(=O)O)cn(-c4cccc(C(F)(F)F)c4)c32)cc1. The van der Waals surface area contributed by atoms with Gasteiger partial charge in [0, 0.05) is 24.2 Å². The predicted molar refractivity (Wildman–Crippen MR) is 106 cm³/mol. The van der Waals surface area contributed by atoms with Gasteiger partial charge in [-0.1, -0.05) is 18.2 Å². The molecule has 0 fully saturated rings. The summed E-state index contributed by atoms with van der Waals surface area (Å²) in [5.41, 5.74) is 0.293. The molecule has 160 valence electrons. The molecular weight excluding hydrogens is 413 g/mol. The first-order chi connectivity index (χ1) is 14.7. The molecule has 1 amide bonds. The number of aromatic nitrogens is 1. The van der Waals surface area contributed by atoms with E-state index < -0.39 is 23.6 Å². The summed E-state index contributed by atoms with van der Waals surface area (Å²) in [6.45, 7) is 0. The zero-order valence-corrected chi connectivity index (χ0v) is 16.2. The van der Waals surface area contributed by atoms with Crippen molar-refractivity contribution in [3.05, 3.63) is 77.1 Å². The summed E-state index contributed by atoms with van der Waals surface area (Å²) in [7, 11) is 1.51. The number of methoxy groups -OCH3 is 1. The summed E-state index contributed by atoms with van der Waals surface area (Å²) >= 11 is 0. The maximum absolute atomic E-state index is 13.2. The van der Waals surface area contributed by atoms with Crippen molar-refractivity contribution < 1.29 is 32.6 Å². The van der Waals surface area contributed by atoms with Crippen LogP contribution in [0.25, 0.3) is 5.69 Å². The largest absolute Gasteiger partial charge is 0.497 e. The van der Waals surface area contributed by atoms with E-state index in [1.807, 2.05) is 0 Å². The van der Waals surface area contributed by atoms with Crippen LogP contribution < -0.4 is 10.1 Å². The molecule has 0 saturated heterocycles. The lowest BCUT2D eigenvalue weighted by Gasteiger charge is -2.26. The normalized spacial score (nSPS) is 15.9. The summed E-state index contributed by atoms with van der Waals surface area (Å²) in [5.74, 6) is -1.63. The van der Waals surface area contributed by atoms with Gasteiger partial charge in [0.15, 0.2) is 0 Å². The molecule has 2 heterocycles. The number of carboxylic acids is 1. The number of hydrogen-bond acceptors (Lipinski definition) is 3. The number of nitrogens with one attached hydrogen (secondary N) is 1. The van der Waals surface area contributed by atoms with E-state index in [2.05, 4.69) is 5.32 Å². The molecule has 1 atom stereocenters. The molecule has 2 aromatic carbocycles. The maximum Gasteiger partial charge on any atom is 0.416 e. The lowest BCUT2D eigenvalue weighted by molar-refractivity contribution is -0.137. The van der Waals surface area contributed by atoms with Gasteiger partial charge in [-0.15, -0.1) is 0 Å². The first kappa shape index (κ1) is 20.5. The Balaban J connectivity index is 1.93. The van der Waals surface area contributed by atoms with Gasteiger partial charge in [-0.05, 0) is 35.9 Å². The third kappa shape index (κ3) is 3.74. The second kappa shape index (κ2) is 7.50. The van der Waals surface area contributed by atoms with Crippen LogP contribution in [0.4, 0.5) is 18.9 Å². The van der Waals surface area contributed by atoms with Gasteiger partial charge in [0.1, 0.15) is 11.3 Å². The molecule has 1 aromatic heterocycles. The number of ether oxygens (including phenoxy) is 1. The highest BCUT2D eigenvalue weighted by Gasteiger charge is 2.35. The zero-order chi connectivity index (χ0) is 22.3. The highest BCUT2D eigenvalue weighted by molar-refractivity contribution is 6.04. The van der Waals surface area contributed by atoms with E-state index in [0.717, 1.165) is 12.1 Å². The standard InChI is InChI=1S/C22H17F3N2O4/c1-31-15-7-5-12(6-8-15)16-10-18(28)26-19-17(21(29)30)11-27(20(16)19)14-4-2-3-13(9-14)22(23,24)25/h2-9,11,16H,10H2,1H3,(H,26,28)(H,29,30)/t16-/m1/s1. The number of carbonyl (C=O) groups excluding carboxylic acids is 1. The number of aromatic carboxylic acids is 1. The average Bonchev–Trinajstić information content (AvgIpc) is 3.12. The van der Waals surface area contributed by atoms with Gasteiger partial charge < -0.3 is 19.7 Å². The van der Waals surface area contributed by atoms with Crippen molar-refractivity contribution in [2.75, 3.05) is 12.4 Å². The van der Waals surface area contributed by atoms with E-state index in [4.69, 9.17) is 4.74 Å². The third-order valence-corrected chi connectivity index (χ3v) is 5.23. The molecule has 0 aliphatic carbocycles. The number of alkyl halides is 3. The van der Waals surface area contributed by atoms with Gasteiger partial charge in [0.2, 0.25) is 5.91 Å². The van der Waals surface area contributed by atoms with Crippen LogP contribution in [-0.4, -0.2) is 28.7 Å². The molecule has 0 spiro atoms. The summed E-state index contributed by atoms with van der Waals surface area (Å²) in [5, 5.41) is 12.2. The highest BCUT2D eigenvalue weighted by atomic mass is 19.4. The lowest BCUT2D eigenvalue weighted by Crippen LogP contribution is -2.25. The number of carbonyl (C=O) groups is 2. The Labute approximate surface area is 174 Å².